The fourth-order valence-corrected chi connectivity index (χ4v) is 1.67. The summed E-state index contributed by atoms with van der Waals surface area (Å²) in [5, 5.41) is 0. The standard InChI is InChI=1S/C9H12O4S/c1-6-4-7(12-2)8(13-3)5-9(6)14(10)11/h4-5H,1-3H3,(H,10,11)/p-1. The lowest BCUT2D eigenvalue weighted by Gasteiger charge is -2.13. The van der Waals surface area contributed by atoms with Crippen molar-refractivity contribution in [3.8, 4) is 11.5 Å². The molecule has 0 amide bonds. The normalized spacial score (nSPS) is 12.3. The van der Waals surface area contributed by atoms with Gasteiger partial charge in [0.05, 0.1) is 14.2 Å². The molecule has 0 aromatic heterocycles. The number of hydrogen-bond donors (Lipinski definition) is 0. The molecular weight excluding hydrogens is 204 g/mol. The number of rotatable bonds is 3. The number of benzene rings is 1. The molecule has 0 aliphatic heterocycles. The van der Waals surface area contributed by atoms with E-state index in [2.05, 4.69) is 0 Å². The molecule has 0 aliphatic carbocycles. The Hall–Kier alpha value is -1.07. The lowest BCUT2D eigenvalue weighted by atomic mass is 10.2. The Morgan fingerprint density at radius 3 is 2.14 bits per heavy atom. The SMILES string of the molecule is COc1cc(C)c(S(=O)[O-])cc1OC. The highest BCUT2D eigenvalue weighted by molar-refractivity contribution is 7.79. The van der Waals surface area contributed by atoms with E-state index < -0.39 is 11.1 Å². The Morgan fingerprint density at radius 1 is 1.21 bits per heavy atom. The Labute approximate surface area is 85.1 Å². The van der Waals surface area contributed by atoms with Gasteiger partial charge >= 0.3 is 0 Å². The van der Waals surface area contributed by atoms with Crippen LogP contribution in [0.15, 0.2) is 17.0 Å². The fraction of sp³-hybridized carbons (Fsp3) is 0.333. The van der Waals surface area contributed by atoms with Crippen LogP contribution in [0.25, 0.3) is 0 Å². The van der Waals surface area contributed by atoms with Crippen molar-refractivity contribution in [2.24, 2.45) is 0 Å². The van der Waals surface area contributed by atoms with Crippen LogP contribution in [-0.4, -0.2) is 23.0 Å². The molecule has 0 N–H and O–H groups in total. The number of ether oxygens (including phenoxy) is 2. The fourth-order valence-electron chi connectivity index (χ4n) is 1.14. The van der Waals surface area contributed by atoms with Crippen molar-refractivity contribution < 1.29 is 18.2 Å². The average Bonchev–Trinajstić information content (AvgIpc) is 2.16. The summed E-state index contributed by atoms with van der Waals surface area (Å²) in [5.74, 6) is 0.941. The molecule has 0 saturated carbocycles. The van der Waals surface area contributed by atoms with Crippen LogP contribution in [0.3, 0.4) is 0 Å². The van der Waals surface area contributed by atoms with Gasteiger partial charge in [0.1, 0.15) is 0 Å². The lowest BCUT2D eigenvalue weighted by Crippen LogP contribution is -1.97. The summed E-state index contributed by atoms with van der Waals surface area (Å²) < 4.78 is 31.6. The summed E-state index contributed by atoms with van der Waals surface area (Å²) in [6, 6.07) is 3.07. The van der Waals surface area contributed by atoms with Crippen molar-refractivity contribution in [1.29, 1.82) is 0 Å². The Bertz CT molecular complexity index is 362. The minimum Gasteiger partial charge on any atom is -0.768 e. The van der Waals surface area contributed by atoms with Crippen LogP contribution in [0, 0.1) is 6.92 Å². The molecule has 1 unspecified atom stereocenters. The second-order valence-corrected chi connectivity index (χ2v) is 3.62. The van der Waals surface area contributed by atoms with E-state index in [1.54, 1.807) is 13.0 Å². The second-order valence-electron chi connectivity index (χ2n) is 2.71. The molecule has 1 rings (SSSR count). The lowest BCUT2D eigenvalue weighted by molar-refractivity contribution is 0.353. The topological polar surface area (TPSA) is 58.6 Å². The van der Waals surface area contributed by atoms with E-state index in [9.17, 15) is 8.76 Å². The van der Waals surface area contributed by atoms with Crippen molar-refractivity contribution in [3.05, 3.63) is 17.7 Å². The number of aryl methyl sites for hydroxylation is 1. The zero-order chi connectivity index (χ0) is 10.7. The number of methoxy groups -OCH3 is 2. The molecule has 0 bridgehead atoms. The van der Waals surface area contributed by atoms with Crippen molar-refractivity contribution in [2.45, 2.75) is 11.8 Å². The molecule has 4 nitrogen and oxygen atoms in total. The molecule has 1 aromatic rings. The van der Waals surface area contributed by atoms with Crippen molar-refractivity contribution >= 4 is 11.1 Å². The molecule has 78 valence electrons. The maximum absolute atomic E-state index is 10.8. The van der Waals surface area contributed by atoms with E-state index in [1.165, 1.54) is 20.3 Å². The van der Waals surface area contributed by atoms with E-state index in [1.807, 2.05) is 0 Å². The van der Waals surface area contributed by atoms with Crippen molar-refractivity contribution in [1.82, 2.24) is 0 Å². The average molecular weight is 215 g/mol. The first kappa shape index (κ1) is 11.0. The van der Waals surface area contributed by atoms with Gasteiger partial charge in [-0.3, -0.25) is 4.21 Å². The van der Waals surface area contributed by atoms with Gasteiger partial charge in [-0.15, -0.1) is 0 Å². The maximum Gasteiger partial charge on any atom is 0.161 e. The van der Waals surface area contributed by atoms with Gasteiger partial charge in [0, 0.05) is 4.90 Å². The van der Waals surface area contributed by atoms with Crippen molar-refractivity contribution in [2.75, 3.05) is 14.2 Å². The summed E-state index contributed by atoms with van der Waals surface area (Å²) in [6.07, 6.45) is 0. The van der Waals surface area contributed by atoms with E-state index in [0.717, 1.165) is 0 Å². The van der Waals surface area contributed by atoms with Gasteiger partial charge in [0.15, 0.2) is 11.5 Å². The summed E-state index contributed by atoms with van der Waals surface area (Å²) in [6.45, 7) is 1.70. The third-order valence-electron chi connectivity index (χ3n) is 1.86. The molecule has 1 aromatic carbocycles. The summed E-state index contributed by atoms with van der Waals surface area (Å²) in [5.41, 5.74) is 0.635. The zero-order valence-corrected chi connectivity index (χ0v) is 9.01. The highest BCUT2D eigenvalue weighted by Crippen LogP contribution is 2.31. The van der Waals surface area contributed by atoms with Crippen LogP contribution in [0.1, 0.15) is 5.56 Å². The molecule has 0 spiro atoms. The molecule has 1 atom stereocenters. The van der Waals surface area contributed by atoms with Crippen LogP contribution in [0.2, 0.25) is 0 Å². The monoisotopic (exact) mass is 215 g/mol. The molecule has 0 heterocycles. The van der Waals surface area contributed by atoms with E-state index >= 15 is 0 Å². The highest BCUT2D eigenvalue weighted by atomic mass is 32.2. The predicted molar refractivity (Wildman–Crippen MR) is 51.5 cm³/mol. The van der Waals surface area contributed by atoms with E-state index in [4.69, 9.17) is 9.47 Å². The first-order valence-corrected chi connectivity index (χ1v) is 4.99. The van der Waals surface area contributed by atoms with Gasteiger partial charge in [-0.1, -0.05) is 0 Å². The number of hydrogen-bond acceptors (Lipinski definition) is 4. The molecule has 0 fully saturated rings. The minimum absolute atomic E-state index is 0.225. The molecule has 0 aliphatic rings. The molecule has 5 heteroatoms. The van der Waals surface area contributed by atoms with Gasteiger partial charge in [-0.2, -0.15) is 0 Å². The molecule has 0 radical (unpaired) electrons. The first-order valence-electron chi connectivity index (χ1n) is 3.92. The second kappa shape index (κ2) is 4.43. The van der Waals surface area contributed by atoms with Crippen LogP contribution in [-0.2, 0) is 11.1 Å². The first-order chi connectivity index (χ1) is 6.60. The van der Waals surface area contributed by atoms with Gasteiger partial charge in [-0.25, -0.2) is 0 Å². The minimum atomic E-state index is -2.25. The van der Waals surface area contributed by atoms with Gasteiger partial charge < -0.3 is 14.0 Å². The summed E-state index contributed by atoms with van der Waals surface area (Å²) in [4.78, 5) is 0.225. The van der Waals surface area contributed by atoms with E-state index in [-0.39, 0.29) is 4.90 Å². The van der Waals surface area contributed by atoms with Gasteiger partial charge in [0.2, 0.25) is 0 Å². The predicted octanol–water partition coefficient (Wildman–Crippen LogP) is 1.25. The maximum atomic E-state index is 10.8. The molecule has 0 saturated heterocycles. The van der Waals surface area contributed by atoms with Gasteiger partial charge in [0.25, 0.3) is 0 Å². The van der Waals surface area contributed by atoms with Crippen LogP contribution in [0.4, 0.5) is 0 Å². The van der Waals surface area contributed by atoms with Crippen molar-refractivity contribution in [3.63, 3.8) is 0 Å². The van der Waals surface area contributed by atoms with E-state index in [0.29, 0.717) is 17.1 Å². The zero-order valence-electron chi connectivity index (χ0n) is 8.20. The quantitative estimate of drug-likeness (QED) is 0.712. The highest BCUT2D eigenvalue weighted by Gasteiger charge is 2.08. The smallest absolute Gasteiger partial charge is 0.161 e. The summed E-state index contributed by atoms with van der Waals surface area (Å²) in [7, 11) is 2.97. The largest absolute Gasteiger partial charge is 0.768 e. The van der Waals surface area contributed by atoms with Gasteiger partial charge in [-0.05, 0) is 35.7 Å². The van der Waals surface area contributed by atoms with Crippen LogP contribution >= 0.6 is 0 Å². The Kier molecular flexibility index (Phi) is 3.49. The molecular formula is C9H11O4S-. The Morgan fingerprint density at radius 2 is 1.71 bits per heavy atom. The summed E-state index contributed by atoms with van der Waals surface area (Å²) >= 11 is -2.25. The molecule has 14 heavy (non-hydrogen) atoms. The Balaban J connectivity index is 3.30. The van der Waals surface area contributed by atoms with Crippen LogP contribution < -0.4 is 9.47 Å². The van der Waals surface area contributed by atoms with Crippen LogP contribution in [0.5, 0.6) is 11.5 Å². The third-order valence-corrected chi connectivity index (χ3v) is 2.66. The third kappa shape index (κ3) is 2.05.